The molecule has 0 radical (unpaired) electrons. The van der Waals surface area contributed by atoms with Crippen LogP contribution in [0.15, 0.2) is 48.1 Å². The first-order valence-corrected chi connectivity index (χ1v) is 15.0. The zero-order chi connectivity index (χ0) is 31.8. The highest BCUT2D eigenvalue weighted by atomic mass is 19.1. The van der Waals surface area contributed by atoms with Crippen LogP contribution in [-0.2, 0) is 19.1 Å². The quantitative estimate of drug-likeness (QED) is 0.468. The van der Waals surface area contributed by atoms with Crippen molar-refractivity contribution in [1.29, 1.82) is 0 Å². The monoisotopic (exact) mass is 596 g/mol. The number of aliphatic hydroxyl groups excluding tert-OH is 1. The molecular formula is C34H41FO8. The second-order valence-electron chi connectivity index (χ2n) is 14.2. The summed E-state index contributed by atoms with van der Waals surface area (Å²) in [5, 5.41) is 23.6. The van der Waals surface area contributed by atoms with Gasteiger partial charge in [0.15, 0.2) is 18.1 Å². The van der Waals surface area contributed by atoms with Crippen molar-refractivity contribution in [3.63, 3.8) is 0 Å². The second kappa shape index (κ2) is 10.2. The molecular weight excluding hydrogens is 555 g/mol. The van der Waals surface area contributed by atoms with Crippen molar-refractivity contribution in [2.45, 2.75) is 90.2 Å². The molecule has 0 bridgehead atoms. The number of ether oxygens (including phenoxy) is 2. The fourth-order valence-corrected chi connectivity index (χ4v) is 8.54. The first kappa shape index (κ1) is 31.3. The topological polar surface area (TPSA) is 127 Å². The van der Waals surface area contributed by atoms with Gasteiger partial charge in [0.1, 0.15) is 11.2 Å². The number of esters is 2. The molecule has 0 aliphatic heterocycles. The first-order chi connectivity index (χ1) is 19.9. The van der Waals surface area contributed by atoms with Crippen molar-refractivity contribution in [2.24, 2.45) is 28.6 Å². The molecule has 0 amide bonds. The number of ketones is 2. The van der Waals surface area contributed by atoms with Crippen molar-refractivity contribution in [3.8, 4) is 0 Å². The number of hydrogen-bond acceptors (Lipinski definition) is 8. The van der Waals surface area contributed by atoms with E-state index in [4.69, 9.17) is 9.47 Å². The van der Waals surface area contributed by atoms with Crippen LogP contribution in [0.5, 0.6) is 0 Å². The van der Waals surface area contributed by atoms with E-state index < -0.39 is 75.9 Å². The number of rotatable bonds is 5. The molecule has 1 aromatic carbocycles. The molecule has 3 saturated carbocycles. The lowest BCUT2D eigenvalue weighted by atomic mass is 9.44. The van der Waals surface area contributed by atoms with E-state index in [2.05, 4.69) is 0 Å². The van der Waals surface area contributed by atoms with E-state index in [0.29, 0.717) is 24.8 Å². The van der Waals surface area contributed by atoms with Crippen LogP contribution in [-0.4, -0.2) is 63.3 Å². The molecule has 4 aliphatic rings. The van der Waals surface area contributed by atoms with Gasteiger partial charge in [0.05, 0.1) is 17.2 Å². The number of allylic oxidation sites excluding steroid dienone is 4. The molecule has 0 spiro atoms. The van der Waals surface area contributed by atoms with E-state index >= 15 is 4.39 Å². The number of Topliss-reactive ketones (excluding diaryl/α,β-unsaturated/α-hetero) is 1. The van der Waals surface area contributed by atoms with Crippen LogP contribution in [0.1, 0.15) is 87.9 Å². The predicted molar refractivity (Wildman–Crippen MR) is 155 cm³/mol. The third kappa shape index (κ3) is 4.62. The van der Waals surface area contributed by atoms with Gasteiger partial charge in [0, 0.05) is 16.7 Å². The van der Waals surface area contributed by atoms with E-state index in [9.17, 15) is 29.4 Å². The molecule has 1 aromatic rings. The summed E-state index contributed by atoms with van der Waals surface area (Å²) in [6.45, 7) is 9.72. The Morgan fingerprint density at radius 1 is 1.05 bits per heavy atom. The smallest absolute Gasteiger partial charge is 0.338 e. The molecule has 0 aromatic heterocycles. The molecule has 1 unspecified atom stereocenters. The average Bonchev–Trinajstić information content (AvgIpc) is 3.13. The largest absolute Gasteiger partial charge is 0.456 e. The van der Waals surface area contributed by atoms with Gasteiger partial charge in [-0.05, 0) is 102 Å². The Morgan fingerprint density at radius 2 is 1.65 bits per heavy atom. The Balaban J connectivity index is 1.33. The van der Waals surface area contributed by atoms with Gasteiger partial charge in [-0.1, -0.05) is 25.5 Å². The predicted octanol–water partition coefficient (Wildman–Crippen LogP) is 4.72. The van der Waals surface area contributed by atoms with Gasteiger partial charge in [-0.25, -0.2) is 14.0 Å². The Kier molecular flexibility index (Phi) is 7.41. The summed E-state index contributed by atoms with van der Waals surface area (Å²) >= 11 is 0. The molecule has 3 fully saturated rings. The van der Waals surface area contributed by atoms with Crippen LogP contribution in [0, 0.1) is 28.6 Å². The highest BCUT2D eigenvalue weighted by Gasteiger charge is 2.75. The number of halogens is 1. The van der Waals surface area contributed by atoms with Crippen LogP contribution in [0.3, 0.4) is 0 Å². The van der Waals surface area contributed by atoms with Gasteiger partial charge < -0.3 is 19.7 Å². The van der Waals surface area contributed by atoms with Crippen molar-refractivity contribution in [1.82, 2.24) is 0 Å². The summed E-state index contributed by atoms with van der Waals surface area (Å²) in [6, 6.07) is 5.66. The van der Waals surface area contributed by atoms with Crippen LogP contribution >= 0.6 is 0 Å². The summed E-state index contributed by atoms with van der Waals surface area (Å²) in [7, 11) is 0. The fourth-order valence-electron chi connectivity index (χ4n) is 8.54. The van der Waals surface area contributed by atoms with Crippen molar-refractivity contribution in [2.75, 3.05) is 6.61 Å². The lowest BCUT2D eigenvalue weighted by Crippen LogP contribution is -2.69. The summed E-state index contributed by atoms with van der Waals surface area (Å²) < 4.78 is 28.0. The Labute approximate surface area is 251 Å². The van der Waals surface area contributed by atoms with Gasteiger partial charge >= 0.3 is 11.9 Å². The molecule has 5 rings (SSSR count). The highest BCUT2D eigenvalue weighted by Crippen LogP contribution is 2.70. The van der Waals surface area contributed by atoms with Gasteiger partial charge in [0.2, 0.25) is 5.78 Å². The molecule has 8 atom stereocenters. The van der Waals surface area contributed by atoms with E-state index in [1.807, 2.05) is 0 Å². The highest BCUT2D eigenvalue weighted by molar-refractivity contribution is 6.01. The van der Waals surface area contributed by atoms with Crippen LogP contribution in [0.4, 0.5) is 4.39 Å². The maximum absolute atomic E-state index is 17.3. The van der Waals surface area contributed by atoms with Crippen molar-refractivity contribution in [3.05, 3.63) is 59.2 Å². The molecule has 43 heavy (non-hydrogen) atoms. The number of aliphatic hydroxyl groups is 2. The standard InChI is InChI=1S/C34H41FO8/c1-19-15-25-24-12-11-22-16-23(36)13-14-31(22,5)33(24,35)26(37)17-32(25,6)34(19,41)27(38)18-42-28(39)20-7-9-21(10-8-20)29(40)43-30(2,3)4/h7-10,13-14,16,19,24-26,37,41H,11-12,15,17-18H2,1-6H3/t19-,24+,25?,26+,31+,32+,33+,34+/m1/s1. The van der Waals surface area contributed by atoms with E-state index in [1.165, 1.54) is 36.4 Å². The van der Waals surface area contributed by atoms with E-state index in [1.54, 1.807) is 47.6 Å². The summed E-state index contributed by atoms with van der Waals surface area (Å²) in [4.78, 5) is 50.8. The summed E-state index contributed by atoms with van der Waals surface area (Å²) in [5.74, 6) is -3.90. The molecule has 8 nitrogen and oxygen atoms in total. The molecule has 2 N–H and O–H groups in total. The molecule has 4 aliphatic carbocycles. The SMILES string of the molecule is C[C@@H]1CC2[C@@H]3CCC4=CC(=O)C=C[C@]4(C)[C@@]3(F)[C@@H](O)C[C@]2(C)[C@@]1(O)C(=O)COC(=O)c1ccc(C(=O)OC(C)(C)C)cc1. The van der Waals surface area contributed by atoms with Gasteiger partial charge in [-0.15, -0.1) is 0 Å². The molecule has 0 saturated heterocycles. The van der Waals surface area contributed by atoms with Crippen LogP contribution in [0.2, 0.25) is 0 Å². The fraction of sp³-hybridized carbons (Fsp3) is 0.588. The van der Waals surface area contributed by atoms with Crippen LogP contribution in [0.25, 0.3) is 0 Å². The minimum atomic E-state index is -2.08. The molecule has 232 valence electrons. The number of benzene rings is 1. The van der Waals surface area contributed by atoms with Crippen LogP contribution < -0.4 is 0 Å². The van der Waals surface area contributed by atoms with E-state index in [-0.39, 0.29) is 23.3 Å². The molecule has 9 heteroatoms. The minimum absolute atomic E-state index is 0.115. The number of hydrogen-bond donors (Lipinski definition) is 2. The number of carbonyl (C=O) groups is 4. The average molecular weight is 597 g/mol. The van der Waals surface area contributed by atoms with Gasteiger partial charge in [0.25, 0.3) is 0 Å². The zero-order valence-corrected chi connectivity index (χ0v) is 25.6. The maximum Gasteiger partial charge on any atom is 0.338 e. The van der Waals surface area contributed by atoms with Gasteiger partial charge in [-0.3, -0.25) is 9.59 Å². The minimum Gasteiger partial charge on any atom is -0.456 e. The van der Waals surface area contributed by atoms with Crippen molar-refractivity contribution >= 4 is 23.5 Å². The summed E-state index contributed by atoms with van der Waals surface area (Å²) in [6.07, 6.45) is 3.94. The Hall–Kier alpha value is -3.17. The van der Waals surface area contributed by atoms with Crippen molar-refractivity contribution < 1.29 is 43.3 Å². The molecule has 0 heterocycles. The maximum atomic E-state index is 17.3. The zero-order valence-electron chi connectivity index (χ0n) is 25.6. The Morgan fingerprint density at radius 3 is 2.26 bits per heavy atom. The number of fused-ring (bicyclic) bond motifs is 5. The Bertz CT molecular complexity index is 1420. The lowest BCUT2D eigenvalue weighted by molar-refractivity contribution is -0.219. The lowest BCUT2D eigenvalue weighted by Gasteiger charge is -2.62. The first-order valence-electron chi connectivity index (χ1n) is 15.0. The van der Waals surface area contributed by atoms with Gasteiger partial charge in [-0.2, -0.15) is 0 Å². The van der Waals surface area contributed by atoms with E-state index in [0.717, 1.165) is 0 Å². The normalized spacial score (nSPS) is 38.3. The third-order valence-electron chi connectivity index (χ3n) is 10.7. The number of alkyl halides is 1. The second-order valence-corrected chi connectivity index (χ2v) is 14.2. The summed E-state index contributed by atoms with van der Waals surface area (Å²) in [5.41, 5.74) is -6.03. The third-order valence-corrected chi connectivity index (χ3v) is 10.7. The number of carbonyl (C=O) groups excluding carboxylic acids is 4.